The Morgan fingerprint density at radius 3 is 2.73 bits per heavy atom. The van der Waals surface area contributed by atoms with Gasteiger partial charge < -0.3 is 20.3 Å². The van der Waals surface area contributed by atoms with Gasteiger partial charge >= 0.3 is 18.9 Å². The smallest absolute Gasteiger partial charge is 0.383 e. The Labute approximate surface area is 121 Å². The minimum Gasteiger partial charge on any atom is -0.383 e. The first-order valence-corrected chi connectivity index (χ1v) is 7.68. The Kier molecular flexibility index (Phi) is 4.35. The molecule has 22 heavy (non-hydrogen) atoms. The van der Waals surface area contributed by atoms with Crippen LogP contribution in [0.5, 0.6) is 0 Å². The largest absolute Gasteiger partial charge is 0.394 e. The molecular weight excluding hydrogens is 330 g/mol. The molecule has 1 saturated heterocycles. The van der Waals surface area contributed by atoms with Crippen molar-refractivity contribution in [2.24, 2.45) is 5.92 Å². The molecule has 2 rings (SSSR count). The summed E-state index contributed by atoms with van der Waals surface area (Å²) in [5.74, 6) is -1.57. The summed E-state index contributed by atoms with van der Waals surface area (Å²) in [7, 11) is -5.71. The molecule has 1 aliphatic heterocycles. The molecule has 0 radical (unpaired) electrons. The Hall–Kier alpha value is -1.42. The van der Waals surface area contributed by atoms with Gasteiger partial charge in [-0.15, -0.1) is 0 Å². The number of hydrogen-bond donors (Lipinski definition) is 3. The van der Waals surface area contributed by atoms with Crippen LogP contribution in [-0.2, 0) is 9.30 Å². The second-order valence-electron chi connectivity index (χ2n) is 4.88. The van der Waals surface area contributed by atoms with Gasteiger partial charge in [-0.2, -0.15) is 13.8 Å². The summed E-state index contributed by atoms with van der Waals surface area (Å²) in [6.07, 6.45) is -3.85. The molecule has 0 saturated carbocycles. The van der Waals surface area contributed by atoms with Crippen molar-refractivity contribution < 1.29 is 32.3 Å². The Morgan fingerprint density at radius 1 is 1.55 bits per heavy atom. The summed E-state index contributed by atoms with van der Waals surface area (Å²) >= 11 is 0. The monoisotopic (exact) mass is 343 g/mol. The van der Waals surface area contributed by atoms with Crippen LogP contribution in [0, 0.1) is 5.92 Å². The van der Waals surface area contributed by atoms with Crippen molar-refractivity contribution in [2.45, 2.75) is 24.5 Å². The fraction of sp³-hybridized carbons (Fsp3) is 0.600. The summed E-state index contributed by atoms with van der Waals surface area (Å²) in [6.45, 7) is -0.516. The zero-order valence-electron chi connectivity index (χ0n) is 11.0. The van der Waals surface area contributed by atoms with E-state index in [0.717, 1.165) is 10.8 Å². The highest BCUT2D eigenvalue weighted by atomic mass is 31.2. The van der Waals surface area contributed by atoms with Crippen LogP contribution in [0.1, 0.15) is 12.6 Å². The topological polar surface area (TPSA) is 128 Å². The minimum atomic E-state index is -5.71. The van der Waals surface area contributed by atoms with E-state index < -0.39 is 50.3 Å². The predicted molar refractivity (Wildman–Crippen MR) is 67.9 cm³/mol. The van der Waals surface area contributed by atoms with Gasteiger partial charge in [-0.05, 0) is 6.07 Å². The highest BCUT2D eigenvalue weighted by Crippen LogP contribution is 2.57. The second-order valence-corrected chi connectivity index (χ2v) is 6.63. The molecule has 3 atom stereocenters. The van der Waals surface area contributed by atoms with Crippen molar-refractivity contribution in [3.63, 3.8) is 0 Å². The van der Waals surface area contributed by atoms with Crippen molar-refractivity contribution >= 4 is 13.4 Å². The number of aromatic nitrogens is 2. The van der Waals surface area contributed by atoms with Crippen LogP contribution in [0.25, 0.3) is 0 Å². The molecule has 0 aromatic carbocycles. The number of hydrogen-bond acceptors (Lipinski definition) is 5. The van der Waals surface area contributed by atoms with Gasteiger partial charge in [0.1, 0.15) is 5.82 Å². The van der Waals surface area contributed by atoms with Gasteiger partial charge in [-0.1, -0.05) is 0 Å². The van der Waals surface area contributed by atoms with E-state index in [1.165, 1.54) is 6.07 Å². The normalized spacial score (nSPS) is 26.3. The minimum absolute atomic E-state index is 0.0979. The Balaban J connectivity index is 2.18. The summed E-state index contributed by atoms with van der Waals surface area (Å²) in [5, 5.41) is 0. The zero-order chi connectivity index (χ0) is 16.7. The molecule has 0 amide bonds. The molecule has 8 nitrogen and oxygen atoms in total. The van der Waals surface area contributed by atoms with Gasteiger partial charge in [-0.3, -0.25) is 9.13 Å². The zero-order valence-corrected chi connectivity index (χ0v) is 11.9. The number of alkyl halides is 3. The standard InChI is InChI=1S/C10H13F3N3O5P/c11-7-5(3-10(12,13)22(18,19)20)4-21-8(7)16-2-1-6(14)15-9(16)17/h1-2,5,7-8H,3-4H2,(H2,14,15,17)(H2,18,19,20)/t5-,7-,8+/m0/s1. The summed E-state index contributed by atoms with van der Waals surface area (Å²) in [4.78, 5) is 32.1. The average molecular weight is 343 g/mol. The maximum atomic E-state index is 14.2. The van der Waals surface area contributed by atoms with Crippen LogP contribution in [-0.4, -0.2) is 37.8 Å². The van der Waals surface area contributed by atoms with E-state index in [9.17, 15) is 22.5 Å². The van der Waals surface area contributed by atoms with E-state index in [4.69, 9.17) is 20.3 Å². The molecule has 1 aromatic heterocycles. The van der Waals surface area contributed by atoms with Gasteiger partial charge in [0.25, 0.3) is 0 Å². The van der Waals surface area contributed by atoms with Gasteiger partial charge in [0, 0.05) is 18.5 Å². The molecule has 4 N–H and O–H groups in total. The van der Waals surface area contributed by atoms with Crippen molar-refractivity contribution in [2.75, 3.05) is 12.3 Å². The number of ether oxygens (including phenoxy) is 1. The van der Waals surface area contributed by atoms with E-state index in [-0.39, 0.29) is 5.82 Å². The molecule has 124 valence electrons. The SMILES string of the molecule is Nc1ccn([C@@H]2OC[C@H](CC(F)(F)P(=O)(O)O)[C@@H]2F)c(=O)n1. The molecule has 1 fully saturated rings. The molecule has 12 heteroatoms. The van der Waals surface area contributed by atoms with Gasteiger partial charge in [-0.25, -0.2) is 9.18 Å². The van der Waals surface area contributed by atoms with Gasteiger partial charge in [0.2, 0.25) is 0 Å². The third-order valence-corrected chi connectivity index (χ3v) is 4.30. The summed E-state index contributed by atoms with van der Waals surface area (Å²) in [6, 6.07) is 1.20. The van der Waals surface area contributed by atoms with Crippen LogP contribution in [0.4, 0.5) is 19.0 Å². The van der Waals surface area contributed by atoms with Crippen LogP contribution >= 0.6 is 7.60 Å². The quantitative estimate of drug-likeness (QED) is 0.678. The lowest BCUT2D eigenvalue weighted by atomic mass is 10.0. The van der Waals surface area contributed by atoms with E-state index in [2.05, 4.69) is 4.98 Å². The van der Waals surface area contributed by atoms with E-state index in [0.29, 0.717) is 0 Å². The summed E-state index contributed by atoms with van der Waals surface area (Å²) in [5.41, 5.74) is -0.0172. The maximum Gasteiger partial charge on any atom is 0.394 e. The first-order valence-electron chi connectivity index (χ1n) is 6.07. The van der Waals surface area contributed by atoms with Crippen molar-refractivity contribution in [1.29, 1.82) is 0 Å². The van der Waals surface area contributed by atoms with Crippen molar-refractivity contribution in [3.8, 4) is 0 Å². The molecule has 2 heterocycles. The lowest BCUT2D eigenvalue weighted by Crippen LogP contribution is -2.33. The molecule has 0 bridgehead atoms. The highest BCUT2D eigenvalue weighted by Gasteiger charge is 2.53. The van der Waals surface area contributed by atoms with E-state index >= 15 is 0 Å². The summed E-state index contributed by atoms with van der Waals surface area (Å²) < 4.78 is 57.3. The fourth-order valence-electron chi connectivity index (χ4n) is 2.10. The maximum absolute atomic E-state index is 14.2. The van der Waals surface area contributed by atoms with E-state index in [1.807, 2.05) is 0 Å². The Morgan fingerprint density at radius 2 is 2.18 bits per heavy atom. The number of halogens is 3. The van der Waals surface area contributed by atoms with Crippen LogP contribution < -0.4 is 11.4 Å². The first kappa shape index (κ1) is 16.9. The molecule has 0 aliphatic carbocycles. The Bertz CT molecular complexity index is 663. The van der Waals surface area contributed by atoms with Crippen LogP contribution in [0.3, 0.4) is 0 Å². The molecule has 0 unspecified atom stereocenters. The number of nitrogens with two attached hydrogens (primary N) is 1. The number of nitrogen functional groups attached to an aromatic ring is 1. The molecule has 0 spiro atoms. The number of rotatable bonds is 4. The highest BCUT2D eigenvalue weighted by molar-refractivity contribution is 7.53. The molecule has 1 aliphatic rings. The lowest BCUT2D eigenvalue weighted by molar-refractivity contribution is 0.0161. The number of anilines is 1. The predicted octanol–water partition coefficient (Wildman–Crippen LogP) is 0.469. The number of nitrogens with zero attached hydrogens (tertiary/aromatic N) is 2. The lowest BCUT2D eigenvalue weighted by Gasteiger charge is -2.22. The second kappa shape index (κ2) is 5.65. The van der Waals surface area contributed by atoms with Crippen LogP contribution in [0.2, 0.25) is 0 Å². The van der Waals surface area contributed by atoms with Gasteiger partial charge in [0.05, 0.1) is 6.61 Å². The third kappa shape index (κ3) is 3.17. The van der Waals surface area contributed by atoms with Crippen molar-refractivity contribution in [3.05, 3.63) is 22.7 Å². The van der Waals surface area contributed by atoms with Crippen LogP contribution in [0.15, 0.2) is 17.1 Å². The third-order valence-electron chi connectivity index (χ3n) is 3.26. The van der Waals surface area contributed by atoms with E-state index in [1.54, 1.807) is 0 Å². The molecule has 1 aromatic rings. The average Bonchev–Trinajstić information content (AvgIpc) is 2.69. The van der Waals surface area contributed by atoms with Gasteiger partial charge in [0.15, 0.2) is 12.4 Å². The fourth-order valence-corrected chi connectivity index (χ4v) is 2.57. The van der Waals surface area contributed by atoms with Crippen molar-refractivity contribution in [1.82, 2.24) is 9.55 Å². The first-order chi connectivity index (χ1) is 10.0. The molecular formula is C10H13F3N3O5P.